The fraction of sp³-hybridized carbons (Fsp3) is 0.167. The van der Waals surface area contributed by atoms with Crippen molar-refractivity contribution < 1.29 is 14.6 Å². The maximum atomic E-state index is 13.3. The molecule has 38 heavy (non-hydrogen) atoms. The van der Waals surface area contributed by atoms with Crippen LogP contribution in [0.4, 0.5) is 11.4 Å². The first-order valence-corrected chi connectivity index (χ1v) is 12.3. The molecule has 0 fully saturated rings. The van der Waals surface area contributed by atoms with Crippen molar-refractivity contribution in [1.29, 1.82) is 0 Å². The van der Waals surface area contributed by atoms with Crippen molar-refractivity contribution in [2.24, 2.45) is 5.10 Å². The third-order valence-electron chi connectivity index (χ3n) is 5.59. The molecule has 2 aromatic carbocycles. The quantitative estimate of drug-likeness (QED) is 0.131. The average molecular weight is 602 g/mol. The van der Waals surface area contributed by atoms with Gasteiger partial charge in [0.05, 0.1) is 32.0 Å². The molecule has 0 spiro atoms. The molecule has 0 saturated carbocycles. The number of pyridine rings is 1. The molecule has 2 aromatic heterocycles. The molecule has 1 atom stereocenters. The number of nitro benzene ring substituents is 1. The Labute approximate surface area is 228 Å². The van der Waals surface area contributed by atoms with Gasteiger partial charge in [-0.2, -0.15) is 9.78 Å². The van der Waals surface area contributed by atoms with Crippen LogP contribution >= 0.6 is 27.5 Å². The first-order valence-electron chi connectivity index (χ1n) is 11.1. The summed E-state index contributed by atoms with van der Waals surface area (Å²) in [5.74, 6) is -0.0887. The van der Waals surface area contributed by atoms with Gasteiger partial charge in [0.25, 0.3) is 11.2 Å². The summed E-state index contributed by atoms with van der Waals surface area (Å²) in [7, 11) is 0. The summed E-state index contributed by atoms with van der Waals surface area (Å²) in [5, 5.41) is 27.1. The average Bonchev–Trinajstić information content (AvgIpc) is 2.89. The summed E-state index contributed by atoms with van der Waals surface area (Å²) in [4.78, 5) is 43.0. The highest BCUT2D eigenvalue weighted by atomic mass is 79.9. The van der Waals surface area contributed by atoms with Crippen LogP contribution in [0.15, 0.2) is 63.0 Å². The maximum Gasteiger partial charge on any atom is 0.313 e. The topological polar surface area (TPSA) is 156 Å². The summed E-state index contributed by atoms with van der Waals surface area (Å²) in [6, 6.07) is 10.1. The van der Waals surface area contributed by atoms with E-state index >= 15 is 0 Å². The monoisotopic (exact) mass is 600 g/mol. The van der Waals surface area contributed by atoms with Crippen LogP contribution in [-0.4, -0.2) is 30.7 Å². The van der Waals surface area contributed by atoms with Crippen LogP contribution in [0, 0.1) is 20.2 Å². The van der Waals surface area contributed by atoms with E-state index in [0.717, 1.165) is 12.3 Å². The van der Waals surface area contributed by atoms with Crippen LogP contribution in [0.2, 0.25) is 5.02 Å². The second kappa shape index (κ2) is 11.0. The van der Waals surface area contributed by atoms with E-state index in [4.69, 9.17) is 16.3 Å². The Morgan fingerprint density at radius 3 is 2.58 bits per heavy atom. The molecule has 4 aromatic rings. The Hall–Kier alpha value is -4.23. The smallest absolute Gasteiger partial charge is 0.313 e. The fourth-order valence-corrected chi connectivity index (χ4v) is 4.08. The Balaban J connectivity index is 1.76. The lowest BCUT2D eigenvalue weighted by Crippen LogP contribution is -2.23. The molecule has 4 rings (SSSR count). The zero-order valence-electron chi connectivity index (χ0n) is 19.9. The van der Waals surface area contributed by atoms with E-state index in [1.165, 1.54) is 29.1 Å². The van der Waals surface area contributed by atoms with Crippen molar-refractivity contribution in [1.82, 2.24) is 14.6 Å². The normalized spacial score (nSPS) is 12.1. The molecule has 0 unspecified atom stereocenters. The van der Waals surface area contributed by atoms with Gasteiger partial charge in [0, 0.05) is 34.2 Å². The number of benzene rings is 2. The molecular formula is C24H18BrClN6O6. The summed E-state index contributed by atoms with van der Waals surface area (Å²) < 4.78 is 7.36. The number of aromatic nitrogens is 3. The van der Waals surface area contributed by atoms with Crippen molar-refractivity contribution >= 4 is 56.0 Å². The van der Waals surface area contributed by atoms with E-state index in [1.54, 1.807) is 18.2 Å². The molecule has 14 heteroatoms. The molecule has 0 amide bonds. The van der Waals surface area contributed by atoms with Gasteiger partial charge in [0.15, 0.2) is 0 Å². The first-order chi connectivity index (χ1) is 18.1. The predicted octanol–water partition coefficient (Wildman–Crippen LogP) is 6.21. The molecule has 0 aliphatic carbocycles. The minimum absolute atomic E-state index is 0.101. The molecule has 0 aliphatic heterocycles. The number of hydrogen-bond donors (Lipinski definition) is 0. The van der Waals surface area contributed by atoms with Crippen LogP contribution in [0.5, 0.6) is 11.6 Å². The molecule has 0 aliphatic rings. The van der Waals surface area contributed by atoms with Gasteiger partial charge < -0.3 is 4.74 Å². The second-order valence-corrected chi connectivity index (χ2v) is 9.45. The molecule has 194 valence electrons. The van der Waals surface area contributed by atoms with Gasteiger partial charge >= 0.3 is 5.69 Å². The van der Waals surface area contributed by atoms with E-state index in [0.29, 0.717) is 27.6 Å². The zero-order valence-corrected chi connectivity index (χ0v) is 22.2. The van der Waals surface area contributed by atoms with Gasteiger partial charge in [-0.15, -0.1) is 0 Å². The van der Waals surface area contributed by atoms with Crippen LogP contribution in [0.25, 0.3) is 10.9 Å². The van der Waals surface area contributed by atoms with E-state index in [9.17, 15) is 25.0 Å². The number of hydrogen-bond acceptors (Lipinski definition) is 9. The SMILES string of the molecule is CC[C@@H](C)c1nc2ccc(Br)cc2c(=O)n1N=Cc1cc(Cl)c(Oc2ccc([N+](=O)[O-])cn2)c([N+](=O)[O-])c1. The molecule has 0 saturated heterocycles. The summed E-state index contributed by atoms with van der Waals surface area (Å²) >= 11 is 9.67. The van der Waals surface area contributed by atoms with Gasteiger partial charge in [-0.1, -0.05) is 41.4 Å². The van der Waals surface area contributed by atoms with Crippen molar-refractivity contribution in [3.8, 4) is 11.6 Å². The zero-order chi connectivity index (χ0) is 27.6. The van der Waals surface area contributed by atoms with Gasteiger partial charge in [-0.25, -0.2) is 9.97 Å². The molecule has 0 radical (unpaired) electrons. The lowest BCUT2D eigenvalue weighted by molar-refractivity contribution is -0.385. The van der Waals surface area contributed by atoms with Crippen molar-refractivity contribution in [2.75, 3.05) is 0 Å². The van der Waals surface area contributed by atoms with Crippen molar-refractivity contribution in [3.63, 3.8) is 0 Å². The van der Waals surface area contributed by atoms with Crippen LogP contribution in [0.3, 0.4) is 0 Å². The molecule has 0 N–H and O–H groups in total. The molecule has 0 bridgehead atoms. The lowest BCUT2D eigenvalue weighted by atomic mass is 10.1. The third-order valence-corrected chi connectivity index (χ3v) is 6.36. The number of nitrogens with zero attached hydrogens (tertiary/aromatic N) is 6. The summed E-state index contributed by atoms with van der Waals surface area (Å²) in [6.45, 7) is 3.87. The molecular weight excluding hydrogens is 584 g/mol. The number of halogens is 2. The van der Waals surface area contributed by atoms with Gasteiger partial charge in [-0.3, -0.25) is 25.0 Å². The highest BCUT2D eigenvalue weighted by molar-refractivity contribution is 9.10. The third kappa shape index (κ3) is 5.53. The van der Waals surface area contributed by atoms with Gasteiger partial charge in [0.1, 0.15) is 12.0 Å². The molecule has 12 nitrogen and oxygen atoms in total. The van der Waals surface area contributed by atoms with Crippen LogP contribution < -0.4 is 10.3 Å². The second-order valence-electron chi connectivity index (χ2n) is 8.12. The van der Waals surface area contributed by atoms with E-state index in [-0.39, 0.29) is 33.8 Å². The number of fused-ring (bicyclic) bond motifs is 1. The summed E-state index contributed by atoms with van der Waals surface area (Å²) in [5.41, 5.74) is -0.407. The van der Waals surface area contributed by atoms with Crippen molar-refractivity contribution in [2.45, 2.75) is 26.2 Å². The fourth-order valence-electron chi connectivity index (χ4n) is 3.46. The first kappa shape index (κ1) is 26.8. The van der Waals surface area contributed by atoms with E-state index in [1.807, 2.05) is 13.8 Å². The number of rotatable bonds is 8. The standard InChI is InChI=1S/C24H18BrClN6O6/c1-3-13(2)23-29-19-6-4-15(25)10-17(19)24(33)30(23)28-11-14-8-18(26)22(20(9-14)32(36)37)38-21-7-5-16(12-27-21)31(34)35/h4-13H,3H2,1-2H3/t13-/m1/s1. The van der Waals surface area contributed by atoms with Gasteiger partial charge in [0.2, 0.25) is 11.6 Å². The molecule has 2 heterocycles. The highest BCUT2D eigenvalue weighted by Crippen LogP contribution is 2.38. The minimum atomic E-state index is -0.699. The predicted molar refractivity (Wildman–Crippen MR) is 144 cm³/mol. The van der Waals surface area contributed by atoms with E-state index < -0.39 is 21.1 Å². The Bertz CT molecular complexity index is 1660. The number of ether oxygens (including phenoxy) is 1. The van der Waals surface area contributed by atoms with Crippen molar-refractivity contribution in [3.05, 3.63) is 100 Å². The highest BCUT2D eigenvalue weighted by Gasteiger charge is 2.22. The largest absolute Gasteiger partial charge is 0.430 e. The Morgan fingerprint density at radius 2 is 1.95 bits per heavy atom. The maximum absolute atomic E-state index is 13.3. The van der Waals surface area contributed by atoms with E-state index in [2.05, 4.69) is 31.0 Å². The lowest BCUT2D eigenvalue weighted by Gasteiger charge is -2.14. The van der Waals surface area contributed by atoms with Crippen LogP contribution in [0.1, 0.15) is 37.6 Å². The Morgan fingerprint density at radius 1 is 1.18 bits per heavy atom. The summed E-state index contributed by atoms with van der Waals surface area (Å²) in [6.07, 6.45) is 2.93. The van der Waals surface area contributed by atoms with Crippen LogP contribution in [-0.2, 0) is 0 Å². The Kier molecular flexibility index (Phi) is 7.78. The number of nitro groups is 2. The minimum Gasteiger partial charge on any atom is -0.430 e. The van der Waals surface area contributed by atoms with Gasteiger partial charge in [-0.05, 0) is 30.7 Å².